The zero-order valence-electron chi connectivity index (χ0n) is 11.7. The van der Waals surface area contributed by atoms with Crippen LogP contribution in [-0.4, -0.2) is 48.3 Å². The van der Waals surface area contributed by atoms with Gasteiger partial charge in [-0.3, -0.25) is 4.79 Å². The molecule has 1 unspecified atom stereocenters. The summed E-state index contributed by atoms with van der Waals surface area (Å²) in [7, 11) is 0. The third kappa shape index (κ3) is 3.83. The molecule has 2 rings (SSSR count). The number of nitrogens with two attached hydrogens (primary N) is 1. The van der Waals surface area contributed by atoms with E-state index in [0.717, 1.165) is 30.2 Å². The van der Waals surface area contributed by atoms with Crippen molar-refractivity contribution in [2.24, 2.45) is 11.7 Å². The van der Waals surface area contributed by atoms with Gasteiger partial charge in [0, 0.05) is 32.2 Å². The van der Waals surface area contributed by atoms with Crippen LogP contribution in [0.1, 0.15) is 12.8 Å². The van der Waals surface area contributed by atoms with Crippen molar-refractivity contribution in [3.05, 3.63) is 12.4 Å². The van der Waals surface area contributed by atoms with Crippen molar-refractivity contribution in [1.82, 2.24) is 15.3 Å². The molecule has 1 aliphatic rings. The molecule has 0 aliphatic carbocycles. The lowest BCUT2D eigenvalue weighted by molar-refractivity contribution is -0.125. The molecule has 2 heterocycles. The van der Waals surface area contributed by atoms with Crippen LogP contribution in [-0.2, 0) is 4.79 Å². The summed E-state index contributed by atoms with van der Waals surface area (Å²) < 4.78 is 0. The fraction of sp³-hybridized carbons (Fsp3) is 0.615. The van der Waals surface area contributed by atoms with E-state index in [0.29, 0.717) is 19.6 Å². The summed E-state index contributed by atoms with van der Waals surface area (Å²) in [5, 5.41) is 3.82. The molecule has 0 spiro atoms. The van der Waals surface area contributed by atoms with Gasteiger partial charge in [0.1, 0.15) is 17.2 Å². The number of hydrogen-bond acceptors (Lipinski definition) is 6. The van der Waals surface area contributed by atoms with Gasteiger partial charge in [-0.05, 0) is 19.1 Å². The summed E-state index contributed by atoms with van der Waals surface area (Å²) in [4.78, 5) is 22.7. The maximum atomic E-state index is 12.0. The quantitative estimate of drug-likeness (QED) is 0.607. The van der Waals surface area contributed by atoms with E-state index in [1.807, 2.05) is 12.3 Å². The predicted molar refractivity (Wildman–Crippen MR) is 80.8 cm³/mol. The van der Waals surface area contributed by atoms with E-state index < -0.39 is 0 Å². The van der Waals surface area contributed by atoms with E-state index in [1.54, 1.807) is 18.1 Å². The minimum Gasteiger partial charge on any atom is -0.356 e. The molecule has 3 N–H and O–H groups in total. The van der Waals surface area contributed by atoms with E-state index in [2.05, 4.69) is 20.2 Å². The first kappa shape index (κ1) is 15.1. The molecule has 0 aromatic carbocycles. The minimum atomic E-state index is 0.0167. The number of piperidine rings is 1. The fourth-order valence-electron chi connectivity index (χ4n) is 2.35. The Bertz CT molecular complexity index is 456. The van der Waals surface area contributed by atoms with Crippen LogP contribution in [0.3, 0.4) is 0 Å². The Balaban J connectivity index is 2.00. The number of carbonyl (C=O) groups is 1. The number of carbonyl (C=O) groups excluding carboxylic acids is 1. The summed E-state index contributed by atoms with van der Waals surface area (Å²) in [5.41, 5.74) is 5.41. The van der Waals surface area contributed by atoms with E-state index in [1.165, 1.54) is 0 Å². The van der Waals surface area contributed by atoms with Gasteiger partial charge in [-0.1, -0.05) is 0 Å². The first-order chi connectivity index (χ1) is 9.74. The van der Waals surface area contributed by atoms with Gasteiger partial charge in [0.25, 0.3) is 0 Å². The molecule has 1 aromatic rings. The number of nitrogens with one attached hydrogen (secondary N) is 1. The molecule has 20 heavy (non-hydrogen) atoms. The fourth-order valence-corrected chi connectivity index (χ4v) is 2.73. The molecule has 6 nitrogen and oxygen atoms in total. The molecular weight excluding hydrogens is 274 g/mol. The van der Waals surface area contributed by atoms with Crippen LogP contribution in [0.2, 0.25) is 0 Å². The first-order valence-electron chi connectivity index (χ1n) is 6.83. The Morgan fingerprint density at radius 3 is 3.20 bits per heavy atom. The molecular formula is C13H21N5OS. The molecule has 0 bridgehead atoms. The van der Waals surface area contributed by atoms with Crippen LogP contribution < -0.4 is 16.0 Å². The second-order valence-electron chi connectivity index (χ2n) is 4.78. The average Bonchev–Trinajstić information content (AvgIpc) is 2.52. The minimum absolute atomic E-state index is 0.0167. The molecule has 110 valence electrons. The monoisotopic (exact) mass is 295 g/mol. The highest BCUT2D eigenvalue weighted by atomic mass is 32.2. The van der Waals surface area contributed by atoms with Gasteiger partial charge in [-0.15, -0.1) is 11.8 Å². The third-order valence-corrected chi connectivity index (χ3v) is 4.04. The smallest absolute Gasteiger partial charge is 0.224 e. The first-order valence-corrected chi connectivity index (χ1v) is 8.06. The van der Waals surface area contributed by atoms with E-state index >= 15 is 0 Å². The van der Waals surface area contributed by atoms with Gasteiger partial charge < -0.3 is 16.0 Å². The Kier molecular flexibility index (Phi) is 5.60. The SMILES string of the molecule is CSc1cc(N2CCCC(C(=O)NCCN)C2)ncn1. The van der Waals surface area contributed by atoms with Crippen molar-refractivity contribution in [2.45, 2.75) is 17.9 Å². The number of rotatable bonds is 5. The molecule has 1 saturated heterocycles. The van der Waals surface area contributed by atoms with Gasteiger partial charge in [0.2, 0.25) is 5.91 Å². The summed E-state index contributed by atoms with van der Waals surface area (Å²) in [6.07, 6.45) is 5.50. The second kappa shape index (κ2) is 7.44. The molecule has 0 saturated carbocycles. The summed E-state index contributed by atoms with van der Waals surface area (Å²) >= 11 is 1.59. The highest BCUT2D eigenvalue weighted by molar-refractivity contribution is 7.98. The van der Waals surface area contributed by atoms with Gasteiger partial charge in [0.05, 0.1) is 5.92 Å². The molecule has 7 heteroatoms. The Hall–Kier alpha value is -1.34. The lowest BCUT2D eigenvalue weighted by atomic mass is 9.97. The molecule has 1 amide bonds. The standard InChI is InChI=1S/C13H21N5OS/c1-20-12-7-11(16-9-17-12)18-6-2-3-10(8-18)13(19)15-5-4-14/h7,9-10H,2-6,8,14H2,1H3,(H,15,19). The second-order valence-corrected chi connectivity index (χ2v) is 5.61. The summed E-state index contributed by atoms with van der Waals surface area (Å²) in [5.74, 6) is 1.02. The highest BCUT2D eigenvalue weighted by Gasteiger charge is 2.26. The Labute approximate surface area is 123 Å². The Morgan fingerprint density at radius 1 is 1.60 bits per heavy atom. The highest BCUT2D eigenvalue weighted by Crippen LogP contribution is 2.23. The van der Waals surface area contributed by atoms with Gasteiger partial charge in [-0.2, -0.15) is 0 Å². The number of hydrogen-bond donors (Lipinski definition) is 2. The zero-order chi connectivity index (χ0) is 14.4. The normalized spacial score (nSPS) is 18.9. The van der Waals surface area contributed by atoms with E-state index in [9.17, 15) is 4.79 Å². The average molecular weight is 295 g/mol. The summed E-state index contributed by atoms with van der Waals surface area (Å²) in [6, 6.07) is 1.98. The number of anilines is 1. The van der Waals surface area contributed by atoms with Crippen LogP contribution in [0.25, 0.3) is 0 Å². The van der Waals surface area contributed by atoms with Crippen molar-refractivity contribution < 1.29 is 4.79 Å². The topological polar surface area (TPSA) is 84.1 Å². The predicted octanol–water partition coefficient (Wildman–Crippen LogP) is 0.490. The van der Waals surface area contributed by atoms with E-state index in [4.69, 9.17) is 5.73 Å². The lowest BCUT2D eigenvalue weighted by Gasteiger charge is -2.32. The summed E-state index contributed by atoms with van der Waals surface area (Å²) in [6.45, 7) is 2.66. The van der Waals surface area contributed by atoms with Crippen LogP contribution in [0.5, 0.6) is 0 Å². The van der Waals surface area contributed by atoms with Crippen molar-refractivity contribution >= 4 is 23.5 Å². The molecule has 1 fully saturated rings. The van der Waals surface area contributed by atoms with Crippen molar-refractivity contribution in [1.29, 1.82) is 0 Å². The van der Waals surface area contributed by atoms with Crippen molar-refractivity contribution in [2.75, 3.05) is 37.3 Å². The third-order valence-electron chi connectivity index (χ3n) is 3.40. The van der Waals surface area contributed by atoms with E-state index in [-0.39, 0.29) is 11.8 Å². The molecule has 0 radical (unpaired) electrons. The maximum Gasteiger partial charge on any atom is 0.224 e. The zero-order valence-corrected chi connectivity index (χ0v) is 12.5. The molecule has 1 aromatic heterocycles. The lowest BCUT2D eigenvalue weighted by Crippen LogP contribution is -2.44. The number of thioether (sulfide) groups is 1. The number of amides is 1. The van der Waals surface area contributed by atoms with Crippen LogP contribution in [0, 0.1) is 5.92 Å². The maximum absolute atomic E-state index is 12.0. The van der Waals surface area contributed by atoms with Crippen molar-refractivity contribution in [3.8, 4) is 0 Å². The Morgan fingerprint density at radius 2 is 2.45 bits per heavy atom. The van der Waals surface area contributed by atoms with Gasteiger partial charge in [0.15, 0.2) is 0 Å². The number of nitrogens with zero attached hydrogens (tertiary/aromatic N) is 3. The largest absolute Gasteiger partial charge is 0.356 e. The van der Waals surface area contributed by atoms with Crippen molar-refractivity contribution in [3.63, 3.8) is 0 Å². The van der Waals surface area contributed by atoms with Gasteiger partial charge >= 0.3 is 0 Å². The van der Waals surface area contributed by atoms with Crippen LogP contribution in [0.4, 0.5) is 5.82 Å². The number of aromatic nitrogens is 2. The van der Waals surface area contributed by atoms with Crippen LogP contribution in [0.15, 0.2) is 17.4 Å². The molecule has 1 atom stereocenters. The van der Waals surface area contributed by atoms with Gasteiger partial charge in [-0.25, -0.2) is 9.97 Å². The molecule has 1 aliphatic heterocycles. The van der Waals surface area contributed by atoms with Crippen LogP contribution >= 0.6 is 11.8 Å².